The summed E-state index contributed by atoms with van der Waals surface area (Å²) in [6.45, 7) is 9.56. The molecule has 6 nitrogen and oxygen atoms in total. The lowest BCUT2D eigenvalue weighted by molar-refractivity contribution is 0.210. The number of hydrogen-bond donors (Lipinski definition) is 1. The third kappa shape index (κ3) is 5.47. The number of H-pyrrole nitrogens is 1. The Hall–Kier alpha value is -2.84. The molecule has 2 aromatic heterocycles. The van der Waals surface area contributed by atoms with Gasteiger partial charge in [0.1, 0.15) is 29.6 Å². The van der Waals surface area contributed by atoms with Crippen LogP contribution in [-0.4, -0.2) is 30.3 Å². The summed E-state index contributed by atoms with van der Waals surface area (Å²) in [6.07, 6.45) is 3.07. The first-order valence-corrected chi connectivity index (χ1v) is 14.5. The number of thiophene rings is 1. The minimum atomic E-state index is -0.0832. The number of aromatic nitrogens is 2. The van der Waals surface area contributed by atoms with Crippen molar-refractivity contribution in [3.8, 4) is 28.6 Å². The Kier molecular flexibility index (Phi) is 7.56. The van der Waals surface area contributed by atoms with Crippen molar-refractivity contribution in [2.24, 2.45) is 5.92 Å². The van der Waals surface area contributed by atoms with E-state index < -0.39 is 0 Å². The molecule has 0 unspecified atom stereocenters. The van der Waals surface area contributed by atoms with Gasteiger partial charge in [0, 0.05) is 10.4 Å². The molecule has 0 radical (unpaired) electrons. The smallest absolute Gasteiger partial charge is 0.260 e. The van der Waals surface area contributed by atoms with Gasteiger partial charge in [-0.3, -0.25) is 4.79 Å². The van der Waals surface area contributed by atoms with E-state index in [4.69, 9.17) is 19.2 Å². The number of benzene rings is 2. The van der Waals surface area contributed by atoms with Crippen LogP contribution in [0.1, 0.15) is 50.1 Å². The summed E-state index contributed by atoms with van der Waals surface area (Å²) in [6, 6.07) is 11.9. The first-order valence-electron chi connectivity index (χ1n) is 12.9. The van der Waals surface area contributed by atoms with Crippen LogP contribution >= 0.6 is 27.3 Å². The molecule has 1 aliphatic carbocycles. The number of nitrogens with one attached hydrogen (secondary N) is 1. The summed E-state index contributed by atoms with van der Waals surface area (Å²) in [5, 5.41) is 0.750. The summed E-state index contributed by atoms with van der Waals surface area (Å²) in [7, 11) is 1.60. The average Bonchev–Trinajstić information content (AvgIpc) is 3.24. The van der Waals surface area contributed by atoms with Crippen LogP contribution in [0.15, 0.2) is 45.7 Å². The van der Waals surface area contributed by atoms with Crippen LogP contribution < -0.4 is 19.8 Å². The van der Waals surface area contributed by atoms with Crippen LogP contribution in [0.5, 0.6) is 17.2 Å². The van der Waals surface area contributed by atoms with Crippen LogP contribution in [0.2, 0.25) is 0 Å². The van der Waals surface area contributed by atoms with Gasteiger partial charge in [-0.15, -0.1) is 11.3 Å². The van der Waals surface area contributed by atoms with Crippen molar-refractivity contribution in [2.45, 2.75) is 52.4 Å². The number of halogens is 1. The van der Waals surface area contributed by atoms with E-state index >= 15 is 0 Å². The van der Waals surface area contributed by atoms with E-state index in [2.05, 4.69) is 60.7 Å². The topological polar surface area (TPSA) is 73.4 Å². The molecule has 200 valence electrons. The van der Waals surface area contributed by atoms with Crippen LogP contribution in [0.25, 0.3) is 21.6 Å². The number of aryl methyl sites for hydroxylation is 1. The molecule has 5 rings (SSSR count). The van der Waals surface area contributed by atoms with Crippen LogP contribution in [0.4, 0.5) is 0 Å². The van der Waals surface area contributed by atoms with Crippen molar-refractivity contribution in [1.82, 2.24) is 9.97 Å². The van der Waals surface area contributed by atoms with Gasteiger partial charge in [-0.25, -0.2) is 4.98 Å². The SMILES string of the molecule is COc1cc(-c2nc3sc4c(c3c(=O)[nH]2)CC[C@@H](C)C4)cc(Br)c1OCCOc1ccc(C(C)(C)C)cc1. The zero-order valence-electron chi connectivity index (χ0n) is 22.4. The molecule has 2 heterocycles. The van der Waals surface area contributed by atoms with Crippen molar-refractivity contribution >= 4 is 37.5 Å². The number of ether oxygens (including phenoxy) is 3. The van der Waals surface area contributed by atoms with E-state index in [-0.39, 0.29) is 11.0 Å². The number of aromatic amines is 1. The van der Waals surface area contributed by atoms with E-state index in [1.54, 1.807) is 18.4 Å². The summed E-state index contributed by atoms with van der Waals surface area (Å²) >= 11 is 5.26. The largest absolute Gasteiger partial charge is 0.493 e. The molecule has 2 aromatic carbocycles. The lowest BCUT2D eigenvalue weighted by Gasteiger charge is -2.19. The molecule has 1 aliphatic rings. The highest BCUT2D eigenvalue weighted by atomic mass is 79.9. The maximum absolute atomic E-state index is 13.1. The number of methoxy groups -OCH3 is 1. The highest BCUT2D eigenvalue weighted by molar-refractivity contribution is 9.10. The molecule has 0 saturated carbocycles. The van der Waals surface area contributed by atoms with Gasteiger partial charge in [0.2, 0.25) is 0 Å². The molecule has 0 saturated heterocycles. The molecule has 1 N–H and O–H groups in total. The van der Waals surface area contributed by atoms with E-state index in [1.807, 2.05) is 24.3 Å². The summed E-state index contributed by atoms with van der Waals surface area (Å²) < 4.78 is 18.2. The van der Waals surface area contributed by atoms with E-state index in [0.29, 0.717) is 40.9 Å². The van der Waals surface area contributed by atoms with Crippen molar-refractivity contribution in [3.63, 3.8) is 0 Å². The van der Waals surface area contributed by atoms with E-state index in [1.165, 1.54) is 16.0 Å². The third-order valence-corrected chi connectivity index (χ3v) is 8.72. The fourth-order valence-corrected chi connectivity index (χ4v) is 6.78. The standard InChI is InChI=1S/C30H33BrN2O4S/c1-17-6-11-21-24(14-17)38-29-25(21)28(34)32-27(33-29)18-15-22(31)26(23(16-18)35-5)37-13-12-36-20-9-7-19(8-10-20)30(2,3)4/h7-10,15-17H,6,11-14H2,1-5H3,(H,32,33,34)/t17-/m1/s1. The summed E-state index contributed by atoms with van der Waals surface area (Å²) in [5.41, 5.74) is 3.21. The number of fused-ring (bicyclic) bond motifs is 3. The maximum atomic E-state index is 13.1. The van der Waals surface area contributed by atoms with Crippen molar-refractivity contribution < 1.29 is 14.2 Å². The molecule has 38 heavy (non-hydrogen) atoms. The minimum Gasteiger partial charge on any atom is -0.493 e. The number of nitrogens with zero attached hydrogens (tertiary/aromatic N) is 1. The van der Waals surface area contributed by atoms with Gasteiger partial charge in [0.25, 0.3) is 5.56 Å². The van der Waals surface area contributed by atoms with Gasteiger partial charge in [-0.2, -0.15) is 0 Å². The van der Waals surface area contributed by atoms with Gasteiger partial charge in [-0.1, -0.05) is 39.8 Å². The second kappa shape index (κ2) is 10.7. The fraction of sp³-hybridized carbons (Fsp3) is 0.400. The molecule has 0 fully saturated rings. The first kappa shape index (κ1) is 26.8. The fourth-order valence-electron chi connectivity index (χ4n) is 4.84. The zero-order valence-corrected chi connectivity index (χ0v) is 24.8. The Bertz CT molecular complexity index is 1520. The van der Waals surface area contributed by atoms with Gasteiger partial charge >= 0.3 is 0 Å². The lowest BCUT2D eigenvalue weighted by Crippen LogP contribution is -2.13. The Labute approximate surface area is 235 Å². The number of rotatable bonds is 7. The van der Waals surface area contributed by atoms with Crippen LogP contribution in [0, 0.1) is 5.92 Å². The van der Waals surface area contributed by atoms with E-state index in [0.717, 1.165) is 40.8 Å². The molecule has 4 aromatic rings. The van der Waals surface area contributed by atoms with Gasteiger partial charge in [0.05, 0.1) is 17.0 Å². The first-order chi connectivity index (χ1) is 18.1. The quantitative estimate of drug-likeness (QED) is 0.226. The predicted molar refractivity (Wildman–Crippen MR) is 157 cm³/mol. The predicted octanol–water partition coefficient (Wildman–Crippen LogP) is 7.30. The molecule has 0 bridgehead atoms. The molecule has 8 heteroatoms. The van der Waals surface area contributed by atoms with Gasteiger partial charge in [-0.05, 0) is 81.9 Å². The van der Waals surface area contributed by atoms with Crippen LogP contribution in [0.3, 0.4) is 0 Å². The van der Waals surface area contributed by atoms with Gasteiger partial charge < -0.3 is 19.2 Å². The van der Waals surface area contributed by atoms with Crippen molar-refractivity contribution in [3.05, 3.63) is 67.2 Å². The number of hydrogen-bond acceptors (Lipinski definition) is 6. The Morgan fingerprint density at radius 3 is 2.58 bits per heavy atom. The molecular weight excluding hydrogens is 564 g/mol. The van der Waals surface area contributed by atoms with Crippen molar-refractivity contribution in [2.75, 3.05) is 20.3 Å². The second-order valence-corrected chi connectivity index (χ2v) is 12.8. The minimum absolute atomic E-state index is 0.0832. The van der Waals surface area contributed by atoms with Crippen molar-refractivity contribution in [1.29, 1.82) is 0 Å². The molecule has 1 atom stereocenters. The highest BCUT2D eigenvalue weighted by Crippen LogP contribution is 2.40. The molecular formula is C30H33BrN2O4S. The summed E-state index contributed by atoms with van der Waals surface area (Å²) in [5.74, 6) is 3.08. The van der Waals surface area contributed by atoms with Gasteiger partial charge in [0.15, 0.2) is 11.5 Å². The monoisotopic (exact) mass is 596 g/mol. The van der Waals surface area contributed by atoms with E-state index in [9.17, 15) is 4.79 Å². The molecule has 0 spiro atoms. The highest BCUT2D eigenvalue weighted by Gasteiger charge is 2.24. The normalized spacial score (nSPS) is 15.4. The molecule has 0 amide bonds. The zero-order chi connectivity index (χ0) is 27.0. The third-order valence-electron chi connectivity index (χ3n) is 6.99. The molecule has 0 aliphatic heterocycles. The van der Waals surface area contributed by atoms with Crippen LogP contribution in [-0.2, 0) is 18.3 Å². The Morgan fingerprint density at radius 1 is 1.13 bits per heavy atom. The average molecular weight is 598 g/mol. The Morgan fingerprint density at radius 2 is 1.87 bits per heavy atom. The lowest BCUT2D eigenvalue weighted by atomic mass is 9.87. The maximum Gasteiger partial charge on any atom is 0.260 e. The summed E-state index contributed by atoms with van der Waals surface area (Å²) in [4.78, 5) is 23.0. The second-order valence-electron chi connectivity index (χ2n) is 10.9. The Balaban J connectivity index is 1.32.